The molecule has 0 amide bonds. The maximum absolute atomic E-state index is 8.70. The van der Waals surface area contributed by atoms with Gasteiger partial charge in [0.2, 0.25) is 0 Å². The van der Waals surface area contributed by atoms with Crippen molar-refractivity contribution in [3.8, 4) is 0 Å². The monoisotopic (exact) mass is 248 g/mol. The summed E-state index contributed by atoms with van der Waals surface area (Å²) in [6, 6.07) is 10.7. The van der Waals surface area contributed by atoms with Gasteiger partial charge >= 0.3 is 0 Å². The Morgan fingerprint density at radius 3 is 1.87 bits per heavy atom. The summed E-state index contributed by atoms with van der Waals surface area (Å²) in [4.78, 5) is 22.9. The van der Waals surface area contributed by atoms with E-state index in [9.17, 15) is 0 Å². The lowest BCUT2D eigenvalue weighted by Gasteiger charge is -2.10. The maximum Gasteiger partial charge on any atom is 0.0834 e. The van der Waals surface area contributed by atoms with Crippen LogP contribution in [0, 0.1) is 0 Å². The minimum absolute atomic E-state index is 0.638. The molecule has 0 unspecified atom stereocenters. The average molecular weight is 248 g/mol. The Labute approximate surface area is 93.1 Å². The Morgan fingerprint density at radius 1 is 1.13 bits per heavy atom. The number of hydrogen-bond acceptors (Lipinski definition) is 3. The van der Waals surface area contributed by atoms with E-state index in [2.05, 4.69) is 50.3 Å². The van der Waals surface area contributed by atoms with E-state index in [4.69, 9.17) is 14.7 Å². The number of benzene rings is 1. The Balaban J connectivity index is 0.000000423. The van der Waals surface area contributed by atoms with Crippen LogP contribution in [0.4, 0.5) is 0 Å². The van der Waals surface area contributed by atoms with Gasteiger partial charge in [-0.15, -0.1) is 0 Å². The molecule has 0 aromatic heterocycles. The summed E-state index contributed by atoms with van der Waals surface area (Å²) in [7, 11) is -3.51. The quantitative estimate of drug-likeness (QED) is 0.782. The first-order valence-corrected chi connectivity index (χ1v) is 8.99. The van der Waals surface area contributed by atoms with E-state index in [0.717, 1.165) is 0 Å². The lowest BCUT2D eigenvalue weighted by molar-refractivity contribution is -0.193. The van der Waals surface area contributed by atoms with Gasteiger partial charge in [-0.2, -0.15) is 0 Å². The fraction of sp³-hybridized carbons (Fsp3) is 0.400. The largest absolute Gasteiger partial charge is 0.786 e. The van der Waals surface area contributed by atoms with E-state index >= 15 is 0 Å². The molecule has 0 aliphatic heterocycles. The maximum atomic E-state index is 8.70. The van der Waals surface area contributed by atoms with E-state index < -0.39 is 15.9 Å². The Kier molecular flexibility index (Phi) is 7.25. The zero-order chi connectivity index (χ0) is 11.9. The number of hydrogen-bond donors (Lipinski definition) is 2. The molecular formula is C10H18O3P2. The molecule has 3 nitrogen and oxygen atoms in total. The second-order valence-corrected chi connectivity index (χ2v) is 9.59. The van der Waals surface area contributed by atoms with Gasteiger partial charge in [0.25, 0.3) is 0 Å². The Morgan fingerprint density at radius 2 is 1.53 bits per heavy atom. The molecule has 1 aromatic carbocycles. The second-order valence-electron chi connectivity index (χ2n) is 4.19. The predicted octanol–water partition coefficient (Wildman–Crippen LogP) is 1.65. The van der Waals surface area contributed by atoms with Gasteiger partial charge in [0.15, 0.2) is 0 Å². The van der Waals surface area contributed by atoms with Gasteiger partial charge in [-0.25, -0.2) is 0 Å². The lowest BCUT2D eigenvalue weighted by Crippen LogP contribution is -1.90. The molecule has 1 rings (SSSR count). The first-order chi connectivity index (χ1) is 6.81. The van der Waals surface area contributed by atoms with Crippen LogP contribution in [0.25, 0.3) is 0 Å². The van der Waals surface area contributed by atoms with Gasteiger partial charge in [0, 0.05) is 27.3 Å². The smallest absolute Gasteiger partial charge is 0.0834 e. The van der Waals surface area contributed by atoms with Crippen molar-refractivity contribution >= 4 is 15.9 Å². The summed E-state index contributed by atoms with van der Waals surface area (Å²) < 4.78 is 0. The summed E-state index contributed by atoms with van der Waals surface area (Å²) >= 11 is 0. The van der Waals surface area contributed by atoms with Crippen molar-refractivity contribution in [2.45, 2.75) is 6.16 Å². The minimum atomic E-state index is -2.87. The third-order valence-corrected chi connectivity index (χ3v) is 2.81. The summed E-state index contributed by atoms with van der Waals surface area (Å²) in [5.41, 5.74) is 1.48. The van der Waals surface area contributed by atoms with Crippen LogP contribution in [0.3, 0.4) is 0 Å². The van der Waals surface area contributed by atoms with Crippen LogP contribution < -0.4 is 4.89 Å². The van der Waals surface area contributed by atoms with Crippen molar-refractivity contribution < 1.29 is 14.7 Å². The predicted molar refractivity (Wildman–Crippen MR) is 66.2 cm³/mol. The van der Waals surface area contributed by atoms with Crippen molar-refractivity contribution in [3.63, 3.8) is 0 Å². The van der Waals surface area contributed by atoms with Crippen molar-refractivity contribution in [1.29, 1.82) is 0 Å². The standard InChI is InChI=1S/C10H16P.H2O3P/c1-11(2,3)9-10-7-5-4-6-8-10;1-4(2)3/h4-8H,9H2,1-3H3;1-2H/q+1;-1. The molecule has 0 radical (unpaired) electrons. The summed E-state index contributed by atoms with van der Waals surface area (Å²) in [5, 5.41) is 0. The highest BCUT2D eigenvalue weighted by molar-refractivity contribution is 7.72. The van der Waals surface area contributed by atoms with E-state index in [1.54, 1.807) is 0 Å². The molecule has 0 saturated heterocycles. The van der Waals surface area contributed by atoms with Crippen LogP contribution in [0.15, 0.2) is 30.3 Å². The highest BCUT2D eigenvalue weighted by atomic mass is 31.2. The summed E-state index contributed by atoms with van der Waals surface area (Å²) in [6.45, 7) is 7.12. The van der Waals surface area contributed by atoms with Crippen LogP contribution in [-0.2, 0) is 6.16 Å². The fourth-order valence-electron chi connectivity index (χ4n) is 1.13. The number of rotatable bonds is 2. The minimum Gasteiger partial charge on any atom is -0.786 e. The molecule has 0 fully saturated rings. The molecule has 0 saturated carbocycles. The summed E-state index contributed by atoms with van der Waals surface area (Å²) in [5.74, 6) is 0. The molecule has 86 valence electrons. The second kappa shape index (κ2) is 7.27. The van der Waals surface area contributed by atoms with Crippen molar-refractivity contribution in [3.05, 3.63) is 35.9 Å². The first-order valence-electron chi connectivity index (χ1n) is 4.50. The molecule has 5 heteroatoms. The third-order valence-electron chi connectivity index (χ3n) is 1.50. The molecular weight excluding hydrogens is 230 g/mol. The molecule has 0 atom stereocenters. The molecule has 0 heterocycles. The van der Waals surface area contributed by atoms with E-state index in [0.29, 0.717) is 0 Å². The Bertz CT molecular complexity index is 254. The highest BCUT2D eigenvalue weighted by Gasteiger charge is 2.16. The molecule has 1 aromatic rings. The van der Waals surface area contributed by atoms with Crippen LogP contribution in [0.2, 0.25) is 0 Å². The van der Waals surface area contributed by atoms with Crippen LogP contribution in [0.5, 0.6) is 0 Å². The van der Waals surface area contributed by atoms with Gasteiger partial charge in [-0.05, 0) is 5.56 Å². The van der Waals surface area contributed by atoms with Gasteiger partial charge in [0.05, 0.1) is 14.8 Å². The lowest BCUT2D eigenvalue weighted by atomic mass is 10.2. The summed E-state index contributed by atoms with van der Waals surface area (Å²) in [6.07, 6.45) is 1.27. The van der Waals surface area contributed by atoms with E-state index in [-0.39, 0.29) is 0 Å². The SMILES string of the molecule is C[P+](C)(C)Cc1ccccc1.[O-]P(O)O. The van der Waals surface area contributed by atoms with E-state index in [1.165, 1.54) is 11.7 Å². The molecule has 0 bridgehead atoms. The zero-order valence-electron chi connectivity index (χ0n) is 9.29. The van der Waals surface area contributed by atoms with E-state index in [1.807, 2.05) is 0 Å². The van der Waals surface area contributed by atoms with Gasteiger partial charge in [-0.3, -0.25) is 0 Å². The first kappa shape index (κ1) is 15.0. The van der Waals surface area contributed by atoms with Crippen LogP contribution in [0.1, 0.15) is 5.56 Å². The average Bonchev–Trinajstić information content (AvgIpc) is 2.01. The van der Waals surface area contributed by atoms with Gasteiger partial charge in [-0.1, -0.05) is 30.3 Å². The molecule has 0 aliphatic carbocycles. The molecule has 0 aliphatic rings. The zero-order valence-corrected chi connectivity index (χ0v) is 11.1. The van der Waals surface area contributed by atoms with Gasteiger partial charge in [0.1, 0.15) is 0 Å². The highest BCUT2D eigenvalue weighted by Crippen LogP contribution is 2.49. The van der Waals surface area contributed by atoms with Crippen molar-refractivity contribution in [1.82, 2.24) is 0 Å². The normalized spacial score (nSPS) is 10.9. The van der Waals surface area contributed by atoms with Crippen molar-refractivity contribution in [2.75, 3.05) is 20.0 Å². The van der Waals surface area contributed by atoms with Crippen molar-refractivity contribution in [2.24, 2.45) is 0 Å². The molecule has 0 spiro atoms. The van der Waals surface area contributed by atoms with Gasteiger partial charge < -0.3 is 14.7 Å². The van der Waals surface area contributed by atoms with Crippen LogP contribution >= 0.6 is 15.9 Å². The molecule has 15 heavy (non-hydrogen) atoms. The molecule has 2 N–H and O–H groups in total. The van der Waals surface area contributed by atoms with Crippen LogP contribution in [-0.4, -0.2) is 29.8 Å². The third kappa shape index (κ3) is 11.9. The topological polar surface area (TPSA) is 63.5 Å². The Hall–Kier alpha value is -0.0400. The fourth-order valence-corrected chi connectivity index (χ4v) is 2.44.